The maximum absolute atomic E-state index is 12.1. The standard InChI is InChI=1S/C15H23NO3/c17-14(11-13-3-1-2-4-13)16-9-7-12(8-10-16)5-6-15(18)19/h1,3,12-13H,2,4-11H2,(H,18,19)/t13-/m1/s1. The number of rotatable bonds is 5. The molecule has 0 bridgehead atoms. The Bertz CT molecular complexity index is 356. The molecule has 0 aromatic heterocycles. The first-order chi connectivity index (χ1) is 9.15. The van der Waals surface area contributed by atoms with E-state index in [0.29, 0.717) is 18.3 Å². The number of hydrogen-bond acceptors (Lipinski definition) is 2. The van der Waals surface area contributed by atoms with Crippen molar-refractivity contribution in [1.82, 2.24) is 4.90 Å². The monoisotopic (exact) mass is 265 g/mol. The van der Waals surface area contributed by atoms with Crippen LogP contribution >= 0.6 is 0 Å². The molecule has 0 aromatic carbocycles. The van der Waals surface area contributed by atoms with Gasteiger partial charge in [0.25, 0.3) is 0 Å². The summed E-state index contributed by atoms with van der Waals surface area (Å²) in [6.45, 7) is 1.61. The number of likely N-dealkylation sites (tertiary alicyclic amines) is 1. The molecule has 19 heavy (non-hydrogen) atoms. The van der Waals surface area contributed by atoms with Gasteiger partial charge in [0.2, 0.25) is 5.91 Å². The van der Waals surface area contributed by atoms with Crippen molar-refractivity contribution in [2.45, 2.75) is 44.9 Å². The van der Waals surface area contributed by atoms with Crippen molar-refractivity contribution in [1.29, 1.82) is 0 Å². The number of carbonyl (C=O) groups is 2. The number of hydrogen-bond donors (Lipinski definition) is 1. The number of carbonyl (C=O) groups excluding carboxylic acids is 1. The molecule has 2 rings (SSSR count). The maximum Gasteiger partial charge on any atom is 0.303 e. The van der Waals surface area contributed by atoms with Crippen LogP contribution in [0.1, 0.15) is 44.9 Å². The third-order valence-corrected chi connectivity index (χ3v) is 4.28. The van der Waals surface area contributed by atoms with Crippen LogP contribution in [-0.4, -0.2) is 35.0 Å². The van der Waals surface area contributed by atoms with Crippen molar-refractivity contribution in [3.63, 3.8) is 0 Å². The zero-order chi connectivity index (χ0) is 13.7. The minimum absolute atomic E-state index is 0.255. The number of piperidine rings is 1. The summed E-state index contributed by atoms with van der Waals surface area (Å²) in [6, 6.07) is 0. The quantitative estimate of drug-likeness (QED) is 0.777. The molecule has 1 amide bonds. The fourth-order valence-electron chi connectivity index (χ4n) is 3.02. The Morgan fingerprint density at radius 1 is 1.21 bits per heavy atom. The van der Waals surface area contributed by atoms with Gasteiger partial charge in [-0.1, -0.05) is 12.2 Å². The van der Waals surface area contributed by atoms with E-state index in [1.54, 1.807) is 0 Å². The van der Waals surface area contributed by atoms with Crippen molar-refractivity contribution in [3.05, 3.63) is 12.2 Å². The van der Waals surface area contributed by atoms with Gasteiger partial charge >= 0.3 is 5.97 Å². The molecular formula is C15H23NO3. The number of allylic oxidation sites excluding steroid dienone is 2. The lowest BCUT2D eigenvalue weighted by atomic mass is 9.91. The second-order valence-corrected chi connectivity index (χ2v) is 5.73. The van der Waals surface area contributed by atoms with E-state index in [9.17, 15) is 9.59 Å². The summed E-state index contributed by atoms with van der Waals surface area (Å²) in [6.07, 6.45) is 10.1. The molecule has 1 heterocycles. The number of amides is 1. The first-order valence-corrected chi connectivity index (χ1v) is 7.31. The van der Waals surface area contributed by atoms with Gasteiger partial charge in [-0.15, -0.1) is 0 Å². The average molecular weight is 265 g/mol. The highest BCUT2D eigenvalue weighted by atomic mass is 16.4. The molecule has 1 atom stereocenters. The number of aliphatic carboxylic acids is 1. The average Bonchev–Trinajstić information content (AvgIpc) is 2.89. The molecule has 0 unspecified atom stereocenters. The topological polar surface area (TPSA) is 57.6 Å². The molecule has 1 N–H and O–H groups in total. The summed E-state index contributed by atoms with van der Waals surface area (Å²) in [5.74, 6) is 0.475. The zero-order valence-electron chi connectivity index (χ0n) is 11.4. The minimum atomic E-state index is -0.716. The Kier molecular flexibility index (Phi) is 5.00. The van der Waals surface area contributed by atoms with Crippen molar-refractivity contribution < 1.29 is 14.7 Å². The molecule has 0 spiro atoms. The van der Waals surface area contributed by atoms with Crippen molar-refractivity contribution in [3.8, 4) is 0 Å². The summed E-state index contributed by atoms with van der Waals surface area (Å²) in [4.78, 5) is 24.6. The van der Waals surface area contributed by atoms with Crippen LogP contribution in [0.2, 0.25) is 0 Å². The van der Waals surface area contributed by atoms with E-state index in [0.717, 1.165) is 45.2 Å². The van der Waals surface area contributed by atoms with Crippen LogP contribution in [-0.2, 0) is 9.59 Å². The number of carboxylic acid groups (broad SMARTS) is 1. The van der Waals surface area contributed by atoms with Gasteiger partial charge in [0, 0.05) is 25.9 Å². The van der Waals surface area contributed by atoms with Crippen molar-refractivity contribution in [2.24, 2.45) is 11.8 Å². The second-order valence-electron chi connectivity index (χ2n) is 5.73. The molecule has 0 saturated carbocycles. The molecule has 1 aliphatic heterocycles. The largest absolute Gasteiger partial charge is 0.481 e. The SMILES string of the molecule is O=C(O)CCC1CCN(C(=O)C[C@@H]2C=CCC2)CC1. The lowest BCUT2D eigenvalue weighted by Gasteiger charge is -2.32. The molecular weight excluding hydrogens is 242 g/mol. The Hall–Kier alpha value is -1.32. The zero-order valence-corrected chi connectivity index (χ0v) is 11.4. The lowest BCUT2D eigenvalue weighted by molar-refractivity contribution is -0.138. The van der Waals surface area contributed by atoms with Gasteiger partial charge in [-0.05, 0) is 43.9 Å². The first-order valence-electron chi connectivity index (χ1n) is 7.31. The molecule has 4 nitrogen and oxygen atoms in total. The van der Waals surface area contributed by atoms with Crippen LogP contribution in [0.3, 0.4) is 0 Å². The van der Waals surface area contributed by atoms with Gasteiger partial charge in [-0.3, -0.25) is 9.59 Å². The highest BCUT2D eigenvalue weighted by Crippen LogP contribution is 2.25. The van der Waals surface area contributed by atoms with E-state index in [1.165, 1.54) is 0 Å². The van der Waals surface area contributed by atoms with E-state index < -0.39 is 5.97 Å². The van der Waals surface area contributed by atoms with Crippen LogP contribution < -0.4 is 0 Å². The Morgan fingerprint density at radius 2 is 1.95 bits per heavy atom. The third kappa shape index (κ3) is 4.37. The first kappa shape index (κ1) is 14.1. The molecule has 1 fully saturated rings. The van der Waals surface area contributed by atoms with Crippen LogP contribution in [0, 0.1) is 11.8 Å². The molecule has 2 aliphatic rings. The summed E-state index contributed by atoms with van der Waals surface area (Å²) in [7, 11) is 0. The molecule has 4 heteroatoms. The van der Waals surface area contributed by atoms with Gasteiger partial charge in [-0.2, -0.15) is 0 Å². The molecule has 1 saturated heterocycles. The Morgan fingerprint density at radius 3 is 2.53 bits per heavy atom. The predicted octanol–water partition coefficient (Wildman–Crippen LogP) is 2.45. The van der Waals surface area contributed by atoms with Gasteiger partial charge in [0.05, 0.1) is 0 Å². The van der Waals surface area contributed by atoms with Crippen LogP contribution in [0.25, 0.3) is 0 Å². The van der Waals surface area contributed by atoms with E-state index in [1.807, 2.05) is 4.90 Å². The Balaban J connectivity index is 1.68. The molecule has 0 radical (unpaired) electrons. The number of carboxylic acids is 1. The summed E-state index contributed by atoms with van der Waals surface area (Å²) in [5.41, 5.74) is 0. The van der Waals surface area contributed by atoms with Gasteiger partial charge in [-0.25, -0.2) is 0 Å². The van der Waals surface area contributed by atoms with E-state index in [2.05, 4.69) is 12.2 Å². The normalized spacial score (nSPS) is 23.8. The lowest BCUT2D eigenvalue weighted by Crippen LogP contribution is -2.39. The second kappa shape index (κ2) is 6.73. The van der Waals surface area contributed by atoms with Gasteiger partial charge in [0.15, 0.2) is 0 Å². The van der Waals surface area contributed by atoms with E-state index >= 15 is 0 Å². The Labute approximate surface area is 114 Å². The fourth-order valence-corrected chi connectivity index (χ4v) is 3.02. The highest BCUT2D eigenvalue weighted by Gasteiger charge is 2.24. The molecule has 1 aliphatic carbocycles. The number of nitrogens with zero attached hydrogens (tertiary/aromatic N) is 1. The van der Waals surface area contributed by atoms with Gasteiger partial charge in [0.1, 0.15) is 0 Å². The highest BCUT2D eigenvalue weighted by molar-refractivity contribution is 5.76. The van der Waals surface area contributed by atoms with Crippen LogP contribution in [0.4, 0.5) is 0 Å². The fraction of sp³-hybridized carbons (Fsp3) is 0.733. The third-order valence-electron chi connectivity index (χ3n) is 4.28. The predicted molar refractivity (Wildman–Crippen MR) is 72.7 cm³/mol. The van der Waals surface area contributed by atoms with Gasteiger partial charge < -0.3 is 10.0 Å². The minimum Gasteiger partial charge on any atom is -0.481 e. The summed E-state index contributed by atoms with van der Waals surface area (Å²) in [5, 5.41) is 8.67. The van der Waals surface area contributed by atoms with E-state index in [4.69, 9.17) is 5.11 Å². The molecule has 0 aromatic rings. The van der Waals surface area contributed by atoms with Crippen LogP contribution in [0.5, 0.6) is 0 Å². The van der Waals surface area contributed by atoms with Crippen LogP contribution in [0.15, 0.2) is 12.2 Å². The maximum atomic E-state index is 12.1. The van der Waals surface area contributed by atoms with Crippen molar-refractivity contribution >= 4 is 11.9 Å². The summed E-state index contributed by atoms with van der Waals surface area (Å²) >= 11 is 0. The summed E-state index contributed by atoms with van der Waals surface area (Å²) < 4.78 is 0. The smallest absolute Gasteiger partial charge is 0.303 e. The van der Waals surface area contributed by atoms with E-state index in [-0.39, 0.29) is 12.3 Å². The van der Waals surface area contributed by atoms with Crippen molar-refractivity contribution in [2.75, 3.05) is 13.1 Å². The molecule has 106 valence electrons.